The number of nitro groups is 1. The van der Waals surface area contributed by atoms with Crippen LogP contribution >= 0.6 is 0 Å². The summed E-state index contributed by atoms with van der Waals surface area (Å²) in [6.07, 6.45) is 0. The molecule has 0 saturated heterocycles. The van der Waals surface area contributed by atoms with Crippen molar-refractivity contribution < 1.29 is 19.2 Å². The fourth-order valence-electron chi connectivity index (χ4n) is 3.15. The summed E-state index contributed by atoms with van der Waals surface area (Å²) in [5.74, 6) is -0.203. The van der Waals surface area contributed by atoms with Crippen molar-refractivity contribution in [3.63, 3.8) is 0 Å². The van der Waals surface area contributed by atoms with Gasteiger partial charge < -0.3 is 19.7 Å². The van der Waals surface area contributed by atoms with E-state index >= 15 is 0 Å². The smallest absolute Gasteiger partial charge is 0.286 e. The van der Waals surface area contributed by atoms with Crippen molar-refractivity contribution in [2.75, 3.05) is 31.5 Å². The molecule has 8 nitrogen and oxygen atoms in total. The van der Waals surface area contributed by atoms with Crippen LogP contribution in [0, 0.1) is 10.1 Å². The zero-order chi connectivity index (χ0) is 22.4. The first kappa shape index (κ1) is 21.6. The van der Waals surface area contributed by atoms with Gasteiger partial charge in [-0.05, 0) is 29.8 Å². The molecule has 0 saturated carbocycles. The van der Waals surface area contributed by atoms with Crippen molar-refractivity contribution in [3.05, 3.63) is 88.0 Å². The highest BCUT2D eigenvalue weighted by atomic mass is 16.6. The molecule has 0 atom stereocenters. The zero-order valence-corrected chi connectivity index (χ0v) is 17.5. The number of carbonyl (C=O) groups excluding carboxylic acids is 1. The summed E-state index contributed by atoms with van der Waals surface area (Å²) in [5, 5.41) is 14.1. The molecule has 0 fully saturated rings. The summed E-state index contributed by atoms with van der Waals surface area (Å²) in [6.45, 7) is 0.740. The van der Waals surface area contributed by atoms with Gasteiger partial charge in [0.25, 0.3) is 11.6 Å². The van der Waals surface area contributed by atoms with Gasteiger partial charge in [-0.25, -0.2) is 0 Å². The zero-order valence-electron chi connectivity index (χ0n) is 17.5. The Labute approximate surface area is 180 Å². The Bertz CT molecular complexity index is 1070. The quantitative estimate of drug-likeness (QED) is 0.425. The summed E-state index contributed by atoms with van der Waals surface area (Å²) in [6, 6.07) is 19.8. The first-order valence-corrected chi connectivity index (χ1v) is 9.49. The van der Waals surface area contributed by atoms with Crippen LogP contribution in [0.15, 0.2) is 66.7 Å². The lowest BCUT2D eigenvalue weighted by Gasteiger charge is -2.20. The Morgan fingerprint density at radius 3 is 2.19 bits per heavy atom. The minimum atomic E-state index is -0.626. The van der Waals surface area contributed by atoms with E-state index in [4.69, 9.17) is 9.47 Å². The lowest BCUT2D eigenvalue weighted by molar-refractivity contribution is -0.385. The minimum Gasteiger partial charge on any atom is -0.493 e. The number of anilines is 2. The van der Waals surface area contributed by atoms with Gasteiger partial charge in [-0.3, -0.25) is 14.9 Å². The number of ether oxygens (including phenoxy) is 2. The number of amides is 1. The second-order valence-corrected chi connectivity index (χ2v) is 6.82. The average molecular weight is 421 g/mol. The molecular formula is C23H23N3O5. The van der Waals surface area contributed by atoms with Gasteiger partial charge in [-0.15, -0.1) is 0 Å². The lowest BCUT2D eigenvalue weighted by atomic mass is 10.1. The second kappa shape index (κ2) is 9.62. The van der Waals surface area contributed by atoms with Gasteiger partial charge in [0.2, 0.25) is 0 Å². The molecule has 0 aliphatic carbocycles. The molecule has 0 spiro atoms. The standard InChI is InChI=1S/C23H23N3O5/c1-25(15-16-7-5-4-6-8-16)18-11-9-17(10-12-18)24-23(27)19-13-21(30-2)22(31-3)14-20(19)26(28)29/h4-14H,15H2,1-3H3,(H,24,27). The fraction of sp³-hybridized carbons (Fsp3) is 0.174. The lowest BCUT2D eigenvalue weighted by Crippen LogP contribution is -2.17. The van der Waals surface area contributed by atoms with Gasteiger partial charge >= 0.3 is 0 Å². The molecule has 3 aromatic carbocycles. The molecule has 1 amide bonds. The van der Waals surface area contributed by atoms with Crippen LogP contribution in [0.4, 0.5) is 17.1 Å². The van der Waals surface area contributed by atoms with Crippen LogP contribution in [-0.2, 0) is 6.54 Å². The maximum atomic E-state index is 12.7. The summed E-state index contributed by atoms with van der Waals surface area (Å²) < 4.78 is 10.3. The van der Waals surface area contributed by atoms with Crippen molar-refractivity contribution >= 4 is 23.0 Å². The number of hydrogen-bond acceptors (Lipinski definition) is 6. The molecule has 0 unspecified atom stereocenters. The van der Waals surface area contributed by atoms with Crippen molar-refractivity contribution in [1.29, 1.82) is 0 Å². The van der Waals surface area contributed by atoms with E-state index in [1.54, 1.807) is 12.1 Å². The third-order valence-electron chi connectivity index (χ3n) is 4.77. The van der Waals surface area contributed by atoms with Crippen LogP contribution in [0.1, 0.15) is 15.9 Å². The van der Waals surface area contributed by atoms with Crippen LogP contribution in [0.5, 0.6) is 11.5 Å². The summed E-state index contributed by atoms with van der Waals surface area (Å²) in [4.78, 5) is 25.6. The second-order valence-electron chi connectivity index (χ2n) is 6.82. The maximum absolute atomic E-state index is 12.7. The molecule has 160 valence electrons. The van der Waals surface area contributed by atoms with Crippen LogP contribution in [0.2, 0.25) is 0 Å². The SMILES string of the molecule is COc1cc(C(=O)Nc2ccc(N(C)Cc3ccccc3)cc2)c([N+](=O)[O-])cc1OC. The average Bonchev–Trinajstić information content (AvgIpc) is 2.79. The first-order chi connectivity index (χ1) is 14.9. The molecule has 8 heteroatoms. The minimum absolute atomic E-state index is 0.118. The van der Waals surface area contributed by atoms with Crippen LogP contribution < -0.4 is 19.7 Å². The van der Waals surface area contributed by atoms with E-state index in [-0.39, 0.29) is 22.7 Å². The normalized spacial score (nSPS) is 10.3. The maximum Gasteiger partial charge on any atom is 0.286 e. The van der Waals surface area contributed by atoms with Crippen molar-refractivity contribution in [1.82, 2.24) is 0 Å². The molecule has 0 heterocycles. The van der Waals surface area contributed by atoms with E-state index in [0.29, 0.717) is 5.69 Å². The number of hydrogen-bond donors (Lipinski definition) is 1. The van der Waals surface area contributed by atoms with Crippen molar-refractivity contribution in [2.45, 2.75) is 6.54 Å². The highest BCUT2D eigenvalue weighted by Crippen LogP contribution is 2.35. The number of nitrogens with zero attached hydrogens (tertiary/aromatic N) is 2. The topological polar surface area (TPSA) is 93.9 Å². The van der Waals surface area contributed by atoms with Gasteiger partial charge in [-0.2, -0.15) is 0 Å². The number of nitrogens with one attached hydrogen (secondary N) is 1. The molecule has 0 aliphatic rings. The molecule has 1 N–H and O–H groups in total. The molecule has 31 heavy (non-hydrogen) atoms. The predicted octanol–water partition coefficient (Wildman–Crippen LogP) is 4.50. The van der Waals surface area contributed by atoms with E-state index < -0.39 is 10.8 Å². The largest absolute Gasteiger partial charge is 0.493 e. The highest BCUT2D eigenvalue weighted by Gasteiger charge is 2.24. The number of rotatable bonds is 8. The molecule has 3 rings (SSSR count). The summed E-state index contributed by atoms with van der Waals surface area (Å²) in [7, 11) is 4.75. The number of nitro benzene ring substituents is 1. The summed E-state index contributed by atoms with van der Waals surface area (Å²) in [5.41, 5.74) is 2.19. The fourth-order valence-corrected chi connectivity index (χ4v) is 3.15. The molecule has 0 aromatic heterocycles. The van der Waals surface area contributed by atoms with Crippen LogP contribution in [0.25, 0.3) is 0 Å². The molecule has 0 radical (unpaired) electrons. The van der Waals surface area contributed by atoms with Gasteiger partial charge in [0, 0.05) is 31.0 Å². The van der Waals surface area contributed by atoms with Gasteiger partial charge in [0.15, 0.2) is 11.5 Å². The van der Waals surface area contributed by atoms with Gasteiger partial charge in [0.1, 0.15) is 5.56 Å². The van der Waals surface area contributed by atoms with Crippen LogP contribution in [0.3, 0.4) is 0 Å². The molecule has 3 aromatic rings. The number of carbonyl (C=O) groups is 1. The Balaban J connectivity index is 1.77. The predicted molar refractivity (Wildman–Crippen MR) is 119 cm³/mol. The van der Waals surface area contributed by atoms with Crippen molar-refractivity contribution in [2.24, 2.45) is 0 Å². The third kappa shape index (κ3) is 5.11. The Hall–Kier alpha value is -4.07. The van der Waals surface area contributed by atoms with E-state index in [1.165, 1.54) is 31.9 Å². The molecule has 0 aliphatic heterocycles. The monoisotopic (exact) mass is 421 g/mol. The Morgan fingerprint density at radius 1 is 1.00 bits per heavy atom. The van der Waals surface area contributed by atoms with E-state index in [0.717, 1.165) is 12.2 Å². The van der Waals surface area contributed by atoms with Crippen LogP contribution in [-0.4, -0.2) is 32.1 Å². The van der Waals surface area contributed by atoms with Gasteiger partial charge in [0.05, 0.1) is 25.2 Å². The third-order valence-corrected chi connectivity index (χ3v) is 4.77. The molecule has 0 bridgehead atoms. The Kier molecular flexibility index (Phi) is 6.71. The summed E-state index contributed by atoms with van der Waals surface area (Å²) >= 11 is 0. The van der Waals surface area contributed by atoms with E-state index in [1.807, 2.05) is 37.4 Å². The number of methoxy groups -OCH3 is 2. The Morgan fingerprint density at radius 2 is 1.61 bits per heavy atom. The van der Waals surface area contributed by atoms with E-state index in [2.05, 4.69) is 22.3 Å². The first-order valence-electron chi connectivity index (χ1n) is 9.49. The van der Waals surface area contributed by atoms with Gasteiger partial charge in [-0.1, -0.05) is 30.3 Å². The number of benzene rings is 3. The molecular weight excluding hydrogens is 398 g/mol. The van der Waals surface area contributed by atoms with Crippen molar-refractivity contribution in [3.8, 4) is 11.5 Å². The highest BCUT2D eigenvalue weighted by molar-refractivity contribution is 6.07. The van der Waals surface area contributed by atoms with E-state index in [9.17, 15) is 14.9 Å².